The fraction of sp³-hybridized carbons (Fsp3) is 0.500. The lowest BCUT2D eigenvalue weighted by Gasteiger charge is -2.23. The van der Waals surface area contributed by atoms with E-state index in [-0.39, 0.29) is 0 Å². The largest absolute Gasteiger partial charge is 0.387 e. The third-order valence-corrected chi connectivity index (χ3v) is 2.71. The van der Waals surface area contributed by atoms with E-state index in [0.717, 1.165) is 0 Å². The van der Waals surface area contributed by atoms with Crippen LogP contribution in [0.3, 0.4) is 0 Å². The molecule has 1 atom stereocenters. The van der Waals surface area contributed by atoms with Gasteiger partial charge in [0.15, 0.2) is 0 Å². The van der Waals surface area contributed by atoms with Crippen molar-refractivity contribution in [3.8, 4) is 0 Å². The molecule has 2 nitrogen and oxygen atoms in total. The van der Waals surface area contributed by atoms with Crippen LogP contribution in [0.2, 0.25) is 5.02 Å². The fourth-order valence-electron chi connectivity index (χ4n) is 1.75. The summed E-state index contributed by atoms with van der Waals surface area (Å²) in [5.74, 6) is 0. The van der Waals surface area contributed by atoms with Crippen molar-refractivity contribution in [3.63, 3.8) is 0 Å². The van der Waals surface area contributed by atoms with Crippen LogP contribution in [0.15, 0.2) is 18.2 Å². The smallest absolute Gasteiger partial charge is 0.132 e. The first kappa shape index (κ1) is 13.4. The van der Waals surface area contributed by atoms with Gasteiger partial charge in [-0.25, -0.2) is 4.39 Å². The molecule has 0 aliphatic heterocycles. The summed E-state index contributed by atoms with van der Waals surface area (Å²) in [7, 11) is 1.73. The lowest BCUT2D eigenvalue weighted by molar-refractivity contribution is 0.164. The molecule has 0 saturated heterocycles. The average Bonchev–Trinajstić information content (AvgIpc) is 2.15. The zero-order chi connectivity index (χ0) is 12.3. The van der Waals surface area contributed by atoms with Gasteiger partial charge in [0.05, 0.1) is 6.10 Å². The first-order valence-electron chi connectivity index (χ1n) is 5.18. The Labute approximate surface area is 100 Å². The standard InChI is InChI=1S/C12H17ClFNO/c1-12(2,14)11-8(10(16)7-15-3)5-4-6-9(11)13/h4-6,10,15-16H,7H2,1-3H3. The van der Waals surface area contributed by atoms with Crippen molar-refractivity contribution < 1.29 is 9.50 Å². The van der Waals surface area contributed by atoms with Crippen molar-refractivity contribution in [2.24, 2.45) is 0 Å². The van der Waals surface area contributed by atoms with Gasteiger partial charge >= 0.3 is 0 Å². The Hall–Kier alpha value is -0.640. The molecular weight excluding hydrogens is 229 g/mol. The molecule has 4 heteroatoms. The van der Waals surface area contributed by atoms with Crippen LogP contribution in [0.4, 0.5) is 4.39 Å². The molecule has 0 saturated carbocycles. The van der Waals surface area contributed by atoms with Crippen LogP contribution in [0.25, 0.3) is 0 Å². The molecular formula is C12H17ClFNO. The normalized spacial score (nSPS) is 13.9. The summed E-state index contributed by atoms with van der Waals surface area (Å²) in [6.07, 6.45) is -0.756. The number of benzene rings is 1. The maximum Gasteiger partial charge on any atom is 0.132 e. The van der Waals surface area contributed by atoms with Crippen LogP contribution in [-0.4, -0.2) is 18.7 Å². The third kappa shape index (κ3) is 2.94. The molecule has 1 rings (SSSR count). The minimum atomic E-state index is -1.57. The number of alkyl halides is 1. The molecule has 2 N–H and O–H groups in total. The highest BCUT2D eigenvalue weighted by molar-refractivity contribution is 6.31. The molecule has 0 amide bonds. The minimum Gasteiger partial charge on any atom is -0.387 e. The second-order valence-electron chi connectivity index (χ2n) is 4.25. The molecule has 0 bridgehead atoms. The Bertz CT molecular complexity index is 363. The van der Waals surface area contributed by atoms with E-state index in [2.05, 4.69) is 5.32 Å². The molecule has 0 aliphatic carbocycles. The Morgan fingerprint density at radius 3 is 2.62 bits per heavy atom. The van der Waals surface area contributed by atoms with Gasteiger partial charge in [-0.3, -0.25) is 0 Å². The molecule has 0 spiro atoms. The van der Waals surface area contributed by atoms with E-state index in [9.17, 15) is 9.50 Å². The molecule has 1 aromatic carbocycles. The van der Waals surface area contributed by atoms with Crippen molar-refractivity contribution in [3.05, 3.63) is 34.3 Å². The first-order valence-corrected chi connectivity index (χ1v) is 5.56. The van der Waals surface area contributed by atoms with Gasteiger partial charge in [0, 0.05) is 17.1 Å². The predicted octanol–water partition coefficient (Wildman–Crippen LogP) is 2.80. The second kappa shape index (κ2) is 5.13. The summed E-state index contributed by atoms with van der Waals surface area (Å²) >= 11 is 5.99. The molecule has 90 valence electrons. The Morgan fingerprint density at radius 2 is 2.12 bits per heavy atom. The monoisotopic (exact) mass is 245 g/mol. The number of likely N-dealkylation sites (N-methyl/N-ethyl adjacent to an activating group) is 1. The van der Waals surface area contributed by atoms with Crippen LogP contribution >= 0.6 is 11.6 Å². The van der Waals surface area contributed by atoms with Gasteiger partial charge < -0.3 is 10.4 Å². The SMILES string of the molecule is CNCC(O)c1cccc(Cl)c1C(C)(C)F. The lowest BCUT2D eigenvalue weighted by atomic mass is 9.91. The highest BCUT2D eigenvalue weighted by Gasteiger charge is 2.27. The van der Waals surface area contributed by atoms with Gasteiger partial charge in [0.1, 0.15) is 5.67 Å². The first-order chi connectivity index (χ1) is 7.38. The number of hydrogen-bond donors (Lipinski definition) is 2. The molecule has 1 aromatic rings. The zero-order valence-corrected chi connectivity index (χ0v) is 10.5. The van der Waals surface area contributed by atoms with Gasteiger partial charge in [-0.05, 0) is 32.5 Å². The Balaban J connectivity index is 3.23. The maximum absolute atomic E-state index is 14.0. The van der Waals surface area contributed by atoms with E-state index < -0.39 is 11.8 Å². The fourth-order valence-corrected chi connectivity index (χ4v) is 2.16. The number of halogens is 2. The zero-order valence-electron chi connectivity index (χ0n) is 9.72. The van der Waals surface area contributed by atoms with E-state index in [1.165, 1.54) is 13.8 Å². The Kier molecular flexibility index (Phi) is 4.30. The van der Waals surface area contributed by atoms with Crippen molar-refractivity contribution in [1.82, 2.24) is 5.32 Å². The molecule has 0 heterocycles. The van der Waals surface area contributed by atoms with Gasteiger partial charge in [-0.2, -0.15) is 0 Å². The highest BCUT2D eigenvalue weighted by atomic mass is 35.5. The van der Waals surface area contributed by atoms with Crippen molar-refractivity contribution in [1.29, 1.82) is 0 Å². The molecule has 0 aliphatic rings. The van der Waals surface area contributed by atoms with E-state index >= 15 is 0 Å². The molecule has 16 heavy (non-hydrogen) atoms. The van der Waals surface area contributed by atoms with Gasteiger partial charge in [0.25, 0.3) is 0 Å². The number of nitrogens with one attached hydrogen (secondary N) is 1. The van der Waals surface area contributed by atoms with Crippen molar-refractivity contribution in [2.75, 3.05) is 13.6 Å². The van der Waals surface area contributed by atoms with Crippen LogP contribution in [0, 0.1) is 0 Å². The summed E-state index contributed by atoms with van der Waals surface area (Å²) in [5, 5.41) is 13.1. The number of rotatable bonds is 4. The van der Waals surface area contributed by atoms with Crippen molar-refractivity contribution >= 4 is 11.6 Å². The highest BCUT2D eigenvalue weighted by Crippen LogP contribution is 2.36. The maximum atomic E-state index is 14.0. The molecule has 1 unspecified atom stereocenters. The minimum absolute atomic E-state index is 0.347. The van der Waals surface area contributed by atoms with Crippen molar-refractivity contribution in [2.45, 2.75) is 25.6 Å². The van der Waals surface area contributed by atoms with Gasteiger partial charge in [0.2, 0.25) is 0 Å². The predicted molar refractivity (Wildman–Crippen MR) is 64.5 cm³/mol. The molecule has 0 aromatic heterocycles. The van der Waals surface area contributed by atoms with E-state index in [1.807, 2.05) is 0 Å². The second-order valence-corrected chi connectivity index (χ2v) is 4.66. The number of aliphatic hydroxyl groups excluding tert-OH is 1. The van der Waals surface area contributed by atoms with Gasteiger partial charge in [-0.15, -0.1) is 0 Å². The lowest BCUT2D eigenvalue weighted by Crippen LogP contribution is -2.21. The summed E-state index contributed by atoms with van der Waals surface area (Å²) in [6.45, 7) is 3.23. The third-order valence-electron chi connectivity index (χ3n) is 2.40. The van der Waals surface area contributed by atoms with E-state index in [0.29, 0.717) is 22.7 Å². The summed E-state index contributed by atoms with van der Waals surface area (Å²) < 4.78 is 14.0. The van der Waals surface area contributed by atoms with Crippen LogP contribution in [0.1, 0.15) is 31.1 Å². The summed E-state index contributed by atoms with van der Waals surface area (Å²) in [5.41, 5.74) is -0.670. The number of aliphatic hydroxyl groups is 1. The van der Waals surface area contributed by atoms with Crippen LogP contribution < -0.4 is 5.32 Å². The molecule has 0 fully saturated rings. The van der Waals surface area contributed by atoms with Gasteiger partial charge in [-0.1, -0.05) is 23.7 Å². The van der Waals surface area contributed by atoms with Crippen LogP contribution in [-0.2, 0) is 5.67 Å². The summed E-state index contributed by atoms with van der Waals surface area (Å²) in [4.78, 5) is 0. The molecule has 0 radical (unpaired) electrons. The Morgan fingerprint density at radius 1 is 1.50 bits per heavy atom. The summed E-state index contributed by atoms with van der Waals surface area (Å²) in [6, 6.07) is 5.05. The average molecular weight is 246 g/mol. The van der Waals surface area contributed by atoms with E-state index in [4.69, 9.17) is 11.6 Å². The quantitative estimate of drug-likeness (QED) is 0.855. The number of hydrogen-bond acceptors (Lipinski definition) is 2. The van der Waals surface area contributed by atoms with Crippen LogP contribution in [0.5, 0.6) is 0 Å². The van der Waals surface area contributed by atoms with E-state index in [1.54, 1.807) is 25.2 Å². The topological polar surface area (TPSA) is 32.3 Å².